The molecule has 0 bridgehead atoms. The lowest BCUT2D eigenvalue weighted by molar-refractivity contribution is 0.281. The van der Waals surface area contributed by atoms with Crippen molar-refractivity contribution in [3.05, 3.63) is 57.7 Å². The summed E-state index contributed by atoms with van der Waals surface area (Å²) < 4.78 is 32.6. The zero-order valence-electron chi connectivity index (χ0n) is 16.2. The number of oxazole rings is 1. The van der Waals surface area contributed by atoms with E-state index in [-0.39, 0.29) is 39.8 Å². The number of benzene rings is 1. The van der Waals surface area contributed by atoms with Crippen LogP contribution in [0.1, 0.15) is 25.1 Å². The lowest BCUT2D eigenvalue weighted by Gasteiger charge is -2.15. The van der Waals surface area contributed by atoms with Crippen molar-refractivity contribution in [2.24, 2.45) is 0 Å². The zero-order valence-corrected chi connectivity index (χ0v) is 17.9. The number of anilines is 1. The molecule has 30 heavy (non-hydrogen) atoms. The van der Waals surface area contributed by atoms with Gasteiger partial charge in [-0.1, -0.05) is 30.8 Å². The number of H-pyrrole nitrogens is 1. The Morgan fingerprint density at radius 3 is 2.83 bits per heavy atom. The van der Waals surface area contributed by atoms with Crippen molar-refractivity contribution >= 4 is 29.3 Å². The largest absolute Gasteiger partial charge is 0.439 e. The molecule has 0 amide bonds. The number of rotatable bonds is 9. The molecule has 11 heteroatoms. The van der Waals surface area contributed by atoms with Crippen molar-refractivity contribution < 1.29 is 18.3 Å². The molecule has 2 heterocycles. The van der Waals surface area contributed by atoms with E-state index in [1.54, 1.807) is 6.92 Å². The number of nitrogens with zero attached hydrogens (tertiary/aromatic N) is 2. The van der Waals surface area contributed by atoms with Crippen LogP contribution >= 0.6 is 23.5 Å². The highest BCUT2D eigenvalue weighted by Gasteiger charge is 2.18. The van der Waals surface area contributed by atoms with E-state index in [2.05, 4.69) is 20.3 Å². The van der Waals surface area contributed by atoms with E-state index >= 15 is 0 Å². The normalized spacial score (nSPS) is 12.2. The number of aliphatic hydroxyl groups is 1. The predicted molar refractivity (Wildman–Crippen MR) is 111 cm³/mol. The van der Waals surface area contributed by atoms with Crippen LogP contribution in [0.15, 0.2) is 48.9 Å². The number of hydrogen-bond acceptors (Lipinski definition) is 8. The Morgan fingerprint density at radius 1 is 1.33 bits per heavy atom. The predicted octanol–water partition coefficient (Wildman–Crippen LogP) is 3.83. The van der Waals surface area contributed by atoms with E-state index in [4.69, 9.17) is 4.42 Å². The Labute approximate surface area is 179 Å². The average Bonchev–Trinajstić information content (AvgIpc) is 3.19. The Balaban J connectivity index is 1.88. The second-order valence-corrected chi connectivity index (χ2v) is 8.26. The topological polar surface area (TPSA) is 104 Å². The minimum Gasteiger partial charge on any atom is -0.439 e. The number of aryl methyl sites for hydroxylation is 1. The number of aromatic nitrogens is 3. The number of nitrogens with one attached hydrogen (secondary N) is 2. The molecule has 3 N–H and O–H groups in total. The second-order valence-electron chi connectivity index (χ2n) is 6.34. The minimum absolute atomic E-state index is 0.0770. The van der Waals surface area contributed by atoms with Gasteiger partial charge in [0.15, 0.2) is 16.8 Å². The maximum Gasteiger partial charge on any atom is 0.267 e. The highest BCUT2D eigenvalue weighted by atomic mass is 32.2. The zero-order chi connectivity index (χ0) is 21.7. The molecule has 1 atom stereocenters. The summed E-state index contributed by atoms with van der Waals surface area (Å²) >= 11 is 2.07. The van der Waals surface area contributed by atoms with Gasteiger partial charge >= 0.3 is 0 Å². The molecule has 7 nitrogen and oxygen atoms in total. The number of aromatic amines is 1. The molecule has 0 aliphatic heterocycles. The van der Waals surface area contributed by atoms with Gasteiger partial charge in [0.05, 0.1) is 12.3 Å². The highest BCUT2D eigenvalue weighted by molar-refractivity contribution is 7.99. The molecule has 160 valence electrons. The quantitative estimate of drug-likeness (QED) is 0.331. The van der Waals surface area contributed by atoms with Gasteiger partial charge in [0.2, 0.25) is 0 Å². The summed E-state index contributed by atoms with van der Waals surface area (Å²) in [7, 11) is 0. The van der Waals surface area contributed by atoms with Crippen molar-refractivity contribution in [1.82, 2.24) is 15.0 Å². The van der Waals surface area contributed by atoms with Crippen LogP contribution < -0.4 is 10.9 Å². The van der Waals surface area contributed by atoms with E-state index in [0.717, 1.165) is 35.3 Å². The Morgan fingerprint density at radius 2 is 2.13 bits per heavy atom. The van der Waals surface area contributed by atoms with Crippen molar-refractivity contribution in [1.29, 1.82) is 0 Å². The van der Waals surface area contributed by atoms with Crippen LogP contribution in [0.4, 0.5) is 14.6 Å². The summed E-state index contributed by atoms with van der Waals surface area (Å²) in [5, 5.41) is 12.9. The SMILES string of the molecule is CCc1coc(Sc2c(N[C@H](C)CO)nc(SCc3cccc(F)c3F)[nH]c2=O)n1. The molecular formula is C19H20F2N4O3S2. The number of halogens is 2. The monoisotopic (exact) mass is 454 g/mol. The van der Waals surface area contributed by atoms with Crippen molar-refractivity contribution in [2.75, 3.05) is 11.9 Å². The molecule has 0 saturated carbocycles. The number of hydrogen-bond donors (Lipinski definition) is 3. The minimum atomic E-state index is -0.933. The Kier molecular flexibility index (Phi) is 7.51. The molecule has 0 aliphatic rings. The standard InChI is InChI=1S/C19H20F2N4O3S2/c1-3-12-8-28-19(23-12)30-15-16(22-10(2)7-26)24-18(25-17(15)27)29-9-11-5-4-6-13(20)14(11)21/h4-6,8,10,26H,3,7,9H2,1-2H3,(H2,22,24,25,27)/t10-/m1/s1. The molecule has 0 aliphatic carbocycles. The summed E-state index contributed by atoms with van der Waals surface area (Å²) in [5.41, 5.74) is 0.469. The Hall–Kier alpha value is -2.37. The summed E-state index contributed by atoms with van der Waals surface area (Å²) in [4.78, 5) is 24.2. The van der Waals surface area contributed by atoms with E-state index in [0.29, 0.717) is 11.6 Å². The van der Waals surface area contributed by atoms with E-state index in [1.807, 2.05) is 6.92 Å². The van der Waals surface area contributed by atoms with E-state index < -0.39 is 17.2 Å². The summed E-state index contributed by atoms with van der Waals surface area (Å²) in [5.74, 6) is -1.54. The van der Waals surface area contributed by atoms with Crippen molar-refractivity contribution in [2.45, 2.75) is 47.3 Å². The summed E-state index contributed by atoms with van der Waals surface area (Å²) in [6, 6.07) is 3.56. The first-order chi connectivity index (χ1) is 14.4. The third kappa shape index (κ3) is 5.41. The number of aliphatic hydroxyl groups excluding tert-OH is 1. The Bertz CT molecular complexity index is 1070. The van der Waals surface area contributed by atoms with Crippen molar-refractivity contribution in [3.63, 3.8) is 0 Å². The first-order valence-electron chi connectivity index (χ1n) is 9.10. The second kappa shape index (κ2) is 10.1. The highest BCUT2D eigenvalue weighted by Crippen LogP contribution is 2.31. The molecule has 0 saturated heterocycles. The first-order valence-corrected chi connectivity index (χ1v) is 10.9. The fourth-order valence-corrected chi connectivity index (χ4v) is 3.99. The fourth-order valence-electron chi connectivity index (χ4n) is 2.37. The molecule has 0 fully saturated rings. The van der Waals surface area contributed by atoms with Crippen LogP contribution in [-0.2, 0) is 12.2 Å². The maximum atomic E-state index is 13.9. The van der Waals surface area contributed by atoms with E-state index in [1.165, 1.54) is 18.4 Å². The van der Waals surface area contributed by atoms with Gasteiger partial charge in [0.25, 0.3) is 10.8 Å². The van der Waals surface area contributed by atoms with Gasteiger partial charge < -0.3 is 19.8 Å². The van der Waals surface area contributed by atoms with Crippen LogP contribution in [0.25, 0.3) is 0 Å². The summed E-state index contributed by atoms with van der Waals surface area (Å²) in [6.07, 6.45) is 2.21. The van der Waals surface area contributed by atoms with Gasteiger partial charge in [-0.3, -0.25) is 4.79 Å². The van der Waals surface area contributed by atoms with Crippen LogP contribution in [0.2, 0.25) is 0 Å². The first kappa shape index (κ1) is 22.3. The smallest absolute Gasteiger partial charge is 0.267 e. The van der Waals surface area contributed by atoms with Gasteiger partial charge in [0, 0.05) is 17.4 Å². The molecular weight excluding hydrogens is 434 g/mol. The molecule has 3 rings (SSSR count). The molecule has 2 aromatic heterocycles. The number of thioether (sulfide) groups is 1. The van der Waals surface area contributed by atoms with E-state index in [9.17, 15) is 18.7 Å². The van der Waals surface area contributed by atoms with Gasteiger partial charge in [-0.15, -0.1) is 0 Å². The molecule has 3 aromatic rings. The molecule has 1 aromatic carbocycles. The van der Waals surface area contributed by atoms with Gasteiger partial charge in [-0.05, 0) is 31.2 Å². The van der Waals surface area contributed by atoms with Gasteiger partial charge in [-0.2, -0.15) is 0 Å². The molecule has 0 spiro atoms. The van der Waals surface area contributed by atoms with Gasteiger partial charge in [0.1, 0.15) is 17.0 Å². The van der Waals surface area contributed by atoms with Crippen molar-refractivity contribution in [3.8, 4) is 0 Å². The van der Waals surface area contributed by atoms with Crippen LogP contribution in [0.3, 0.4) is 0 Å². The third-order valence-electron chi connectivity index (χ3n) is 3.99. The summed E-state index contributed by atoms with van der Waals surface area (Å²) in [6.45, 7) is 3.49. The third-order valence-corrected chi connectivity index (χ3v) is 5.86. The van der Waals surface area contributed by atoms with Crippen LogP contribution in [-0.4, -0.2) is 32.7 Å². The van der Waals surface area contributed by atoms with Crippen LogP contribution in [0.5, 0.6) is 0 Å². The molecule has 0 radical (unpaired) electrons. The lowest BCUT2D eigenvalue weighted by Crippen LogP contribution is -2.24. The average molecular weight is 455 g/mol. The lowest BCUT2D eigenvalue weighted by atomic mass is 10.2. The maximum absolute atomic E-state index is 13.9. The van der Waals surface area contributed by atoms with Gasteiger partial charge in [-0.25, -0.2) is 18.7 Å². The fraction of sp³-hybridized carbons (Fsp3) is 0.316. The molecule has 0 unspecified atom stereocenters. The van der Waals surface area contributed by atoms with Crippen LogP contribution in [0, 0.1) is 11.6 Å².